The van der Waals surface area contributed by atoms with Gasteiger partial charge in [-0.3, -0.25) is 9.59 Å². The average molecular weight is 438 g/mol. The molecule has 0 aliphatic carbocycles. The Morgan fingerprint density at radius 1 is 1.09 bits per heavy atom. The van der Waals surface area contributed by atoms with E-state index >= 15 is 0 Å². The number of piperidine rings is 1. The van der Waals surface area contributed by atoms with Crippen molar-refractivity contribution in [1.82, 2.24) is 5.32 Å². The summed E-state index contributed by atoms with van der Waals surface area (Å²) >= 11 is 0. The highest BCUT2D eigenvalue weighted by Gasteiger charge is 2.22. The van der Waals surface area contributed by atoms with Crippen LogP contribution in [0.3, 0.4) is 0 Å². The van der Waals surface area contributed by atoms with Gasteiger partial charge in [0.1, 0.15) is 0 Å². The van der Waals surface area contributed by atoms with Crippen LogP contribution in [0.2, 0.25) is 0 Å². The number of carbonyl (C=O) groups excluding carboxylic acids is 2. The van der Waals surface area contributed by atoms with Gasteiger partial charge in [-0.25, -0.2) is 0 Å². The molecule has 1 fully saturated rings. The number of ether oxygens (including phenoxy) is 1. The van der Waals surface area contributed by atoms with Gasteiger partial charge in [0, 0.05) is 44.2 Å². The third-order valence-corrected chi connectivity index (χ3v) is 5.81. The van der Waals surface area contributed by atoms with E-state index in [1.54, 1.807) is 6.07 Å². The third kappa shape index (κ3) is 7.09. The molecule has 0 unspecified atom stereocenters. The molecule has 0 saturated carbocycles. The van der Waals surface area contributed by atoms with Crippen LogP contribution in [0.15, 0.2) is 48.5 Å². The molecule has 0 atom stereocenters. The lowest BCUT2D eigenvalue weighted by Gasteiger charge is -2.33. The third-order valence-electron chi connectivity index (χ3n) is 5.81. The highest BCUT2D eigenvalue weighted by atomic mass is 16.5. The summed E-state index contributed by atoms with van der Waals surface area (Å²) in [7, 11) is 0. The molecule has 2 aromatic carbocycles. The molecule has 172 valence electrons. The van der Waals surface area contributed by atoms with Gasteiger partial charge < -0.3 is 20.3 Å². The topological polar surface area (TPSA) is 70.7 Å². The fourth-order valence-electron chi connectivity index (χ4n) is 3.92. The molecule has 6 heteroatoms. The van der Waals surface area contributed by atoms with E-state index in [-0.39, 0.29) is 11.8 Å². The number of anilines is 2. The maximum absolute atomic E-state index is 13.0. The van der Waals surface area contributed by atoms with Crippen LogP contribution in [0, 0.1) is 5.92 Å². The zero-order valence-corrected chi connectivity index (χ0v) is 19.2. The molecule has 3 rings (SSSR count). The second-order valence-corrected chi connectivity index (χ2v) is 8.42. The van der Waals surface area contributed by atoms with Crippen LogP contribution in [0.25, 0.3) is 0 Å². The van der Waals surface area contributed by atoms with Crippen molar-refractivity contribution in [2.45, 2.75) is 39.5 Å². The predicted octanol–water partition coefficient (Wildman–Crippen LogP) is 4.26. The van der Waals surface area contributed by atoms with Crippen LogP contribution < -0.4 is 15.5 Å². The molecule has 0 radical (unpaired) electrons. The van der Waals surface area contributed by atoms with E-state index in [0.717, 1.165) is 43.6 Å². The van der Waals surface area contributed by atoms with Crippen LogP contribution in [0.5, 0.6) is 0 Å². The summed E-state index contributed by atoms with van der Waals surface area (Å²) in [5, 5.41) is 5.96. The summed E-state index contributed by atoms with van der Waals surface area (Å²) < 4.78 is 5.35. The number of amides is 2. The van der Waals surface area contributed by atoms with Crippen LogP contribution in [-0.4, -0.2) is 44.7 Å². The Morgan fingerprint density at radius 2 is 1.84 bits per heavy atom. The molecule has 1 heterocycles. The molecule has 2 N–H and O–H groups in total. The van der Waals surface area contributed by atoms with Gasteiger partial charge in [-0.2, -0.15) is 0 Å². The van der Waals surface area contributed by atoms with Crippen molar-refractivity contribution in [3.05, 3.63) is 59.7 Å². The van der Waals surface area contributed by atoms with Gasteiger partial charge >= 0.3 is 0 Å². The fourth-order valence-corrected chi connectivity index (χ4v) is 3.92. The minimum atomic E-state index is -0.116. The van der Waals surface area contributed by atoms with Crippen LogP contribution in [-0.2, 0) is 16.0 Å². The Balaban J connectivity index is 1.72. The number of nitrogens with one attached hydrogen (secondary N) is 2. The predicted molar refractivity (Wildman–Crippen MR) is 129 cm³/mol. The number of nitrogens with zero attached hydrogens (tertiary/aromatic N) is 1. The van der Waals surface area contributed by atoms with Crippen LogP contribution in [0.4, 0.5) is 11.4 Å². The molecule has 6 nitrogen and oxygen atoms in total. The number of benzene rings is 2. The molecule has 2 aromatic rings. The standard InChI is InChI=1S/C26H35N3O3/c1-3-32-17-7-14-27-26(31)23-19-22(28-25(30)18-21-8-5-4-6-9-21)10-11-24(23)29-15-12-20(2)13-16-29/h4-6,8-11,19-20H,3,7,12-18H2,1-2H3,(H,27,31)(H,28,30). The molecule has 1 aliphatic rings. The summed E-state index contributed by atoms with van der Waals surface area (Å²) in [6, 6.07) is 15.3. The van der Waals surface area contributed by atoms with E-state index in [2.05, 4.69) is 22.5 Å². The molecule has 1 saturated heterocycles. The monoisotopic (exact) mass is 437 g/mol. The lowest BCUT2D eigenvalue weighted by molar-refractivity contribution is -0.115. The SMILES string of the molecule is CCOCCCNC(=O)c1cc(NC(=O)Cc2ccccc2)ccc1N1CCC(C)CC1. The van der Waals surface area contributed by atoms with Crippen LogP contribution >= 0.6 is 0 Å². The summed E-state index contributed by atoms with van der Waals surface area (Å²) in [4.78, 5) is 27.8. The van der Waals surface area contributed by atoms with E-state index in [9.17, 15) is 9.59 Å². The normalized spacial score (nSPS) is 14.2. The van der Waals surface area contributed by atoms with Crippen molar-refractivity contribution >= 4 is 23.2 Å². The van der Waals surface area contributed by atoms with Crippen molar-refractivity contribution in [3.63, 3.8) is 0 Å². The van der Waals surface area contributed by atoms with Gasteiger partial charge in [0.2, 0.25) is 5.91 Å². The first-order valence-electron chi connectivity index (χ1n) is 11.7. The molecular formula is C26H35N3O3. The van der Waals surface area contributed by atoms with Crippen molar-refractivity contribution < 1.29 is 14.3 Å². The van der Waals surface area contributed by atoms with E-state index < -0.39 is 0 Å². The van der Waals surface area contributed by atoms with Gasteiger partial charge in [0.15, 0.2) is 0 Å². The van der Waals surface area contributed by atoms with E-state index in [1.807, 2.05) is 49.4 Å². The van der Waals surface area contributed by atoms with Gasteiger partial charge in [0.25, 0.3) is 5.91 Å². The van der Waals surface area contributed by atoms with E-state index in [0.29, 0.717) is 43.3 Å². The molecule has 0 aromatic heterocycles. The first kappa shape index (κ1) is 23.8. The zero-order chi connectivity index (χ0) is 22.8. The Labute approximate surface area is 191 Å². The van der Waals surface area contributed by atoms with Gasteiger partial charge in [-0.15, -0.1) is 0 Å². The van der Waals surface area contributed by atoms with E-state index in [1.165, 1.54) is 0 Å². The highest BCUT2D eigenvalue weighted by molar-refractivity contribution is 6.02. The van der Waals surface area contributed by atoms with Gasteiger partial charge in [-0.1, -0.05) is 37.3 Å². The minimum Gasteiger partial charge on any atom is -0.382 e. The lowest BCUT2D eigenvalue weighted by atomic mass is 9.97. The quantitative estimate of drug-likeness (QED) is 0.545. The van der Waals surface area contributed by atoms with Crippen molar-refractivity contribution in [1.29, 1.82) is 0 Å². The Hall–Kier alpha value is -2.86. The van der Waals surface area contributed by atoms with Gasteiger partial charge in [0.05, 0.1) is 12.0 Å². The Kier molecular flexibility index (Phi) is 9.11. The van der Waals surface area contributed by atoms with Crippen molar-refractivity contribution in [2.75, 3.05) is 43.1 Å². The largest absolute Gasteiger partial charge is 0.382 e. The second kappa shape index (κ2) is 12.2. The molecule has 0 bridgehead atoms. The second-order valence-electron chi connectivity index (χ2n) is 8.42. The summed E-state index contributed by atoms with van der Waals surface area (Å²) in [6.45, 7) is 7.97. The smallest absolute Gasteiger partial charge is 0.253 e. The molecular weight excluding hydrogens is 402 g/mol. The molecule has 0 spiro atoms. The van der Waals surface area contributed by atoms with Crippen LogP contribution in [0.1, 0.15) is 49.0 Å². The van der Waals surface area contributed by atoms with Crippen molar-refractivity contribution in [3.8, 4) is 0 Å². The fraction of sp³-hybridized carbons (Fsp3) is 0.462. The number of hydrogen-bond donors (Lipinski definition) is 2. The number of carbonyl (C=O) groups is 2. The molecule has 1 aliphatic heterocycles. The number of rotatable bonds is 10. The summed E-state index contributed by atoms with van der Waals surface area (Å²) in [6.07, 6.45) is 3.30. The first-order chi connectivity index (χ1) is 15.6. The van der Waals surface area contributed by atoms with E-state index in [4.69, 9.17) is 4.74 Å². The summed E-state index contributed by atoms with van der Waals surface area (Å²) in [5.41, 5.74) is 3.13. The lowest BCUT2D eigenvalue weighted by Crippen LogP contribution is -2.35. The maximum Gasteiger partial charge on any atom is 0.253 e. The minimum absolute atomic E-state index is 0.0983. The Bertz CT molecular complexity index is 877. The Morgan fingerprint density at radius 3 is 2.56 bits per heavy atom. The van der Waals surface area contributed by atoms with Crippen molar-refractivity contribution in [2.24, 2.45) is 5.92 Å². The highest BCUT2D eigenvalue weighted by Crippen LogP contribution is 2.29. The molecule has 32 heavy (non-hydrogen) atoms. The van der Waals surface area contributed by atoms with Gasteiger partial charge in [-0.05, 0) is 55.9 Å². The average Bonchev–Trinajstić information content (AvgIpc) is 2.80. The summed E-state index contributed by atoms with van der Waals surface area (Å²) in [5.74, 6) is 0.492. The zero-order valence-electron chi connectivity index (χ0n) is 19.2. The molecule has 2 amide bonds. The maximum atomic E-state index is 13.0. The first-order valence-corrected chi connectivity index (χ1v) is 11.7. The number of hydrogen-bond acceptors (Lipinski definition) is 4.